The molecule has 0 saturated heterocycles. The molecular formula is C10H16N2O. The summed E-state index contributed by atoms with van der Waals surface area (Å²) in [5, 5.41) is 14.5. The van der Waals surface area contributed by atoms with Crippen LogP contribution in [0.4, 0.5) is 0 Å². The Labute approximate surface area is 78.4 Å². The monoisotopic (exact) mass is 180 g/mol. The summed E-state index contributed by atoms with van der Waals surface area (Å²) in [6.45, 7) is 2.11. The van der Waals surface area contributed by atoms with Gasteiger partial charge < -0.3 is 5.11 Å². The molecule has 3 nitrogen and oxygen atoms in total. The molecule has 0 aromatic carbocycles. The van der Waals surface area contributed by atoms with Crippen LogP contribution in [0.15, 0.2) is 12.4 Å². The lowest BCUT2D eigenvalue weighted by molar-refractivity contribution is 0.00442. The van der Waals surface area contributed by atoms with E-state index in [2.05, 4.69) is 12.0 Å². The number of aryl methyl sites for hydroxylation is 1. The van der Waals surface area contributed by atoms with E-state index in [4.69, 9.17) is 0 Å². The van der Waals surface area contributed by atoms with Gasteiger partial charge in [-0.05, 0) is 25.2 Å². The SMILES string of the molecule is CC1CCCC1(O)c1cnn(C)c1. The molecule has 0 spiro atoms. The van der Waals surface area contributed by atoms with Gasteiger partial charge in [-0.25, -0.2) is 0 Å². The molecule has 3 heteroatoms. The van der Waals surface area contributed by atoms with Crippen molar-refractivity contribution < 1.29 is 5.11 Å². The maximum atomic E-state index is 10.4. The highest BCUT2D eigenvalue weighted by Gasteiger charge is 2.40. The fourth-order valence-electron chi connectivity index (χ4n) is 2.24. The highest BCUT2D eigenvalue weighted by molar-refractivity contribution is 5.18. The highest BCUT2D eigenvalue weighted by Crippen LogP contribution is 2.42. The predicted molar refractivity (Wildman–Crippen MR) is 50.1 cm³/mol. The molecule has 0 amide bonds. The van der Waals surface area contributed by atoms with Crippen LogP contribution in [0.25, 0.3) is 0 Å². The van der Waals surface area contributed by atoms with E-state index < -0.39 is 5.60 Å². The van der Waals surface area contributed by atoms with E-state index in [1.54, 1.807) is 10.9 Å². The Morgan fingerprint density at radius 3 is 2.92 bits per heavy atom. The van der Waals surface area contributed by atoms with Crippen molar-refractivity contribution in [2.45, 2.75) is 31.8 Å². The minimum atomic E-state index is -0.617. The molecule has 13 heavy (non-hydrogen) atoms. The van der Waals surface area contributed by atoms with Crippen molar-refractivity contribution in [2.75, 3.05) is 0 Å². The summed E-state index contributed by atoms with van der Waals surface area (Å²) in [7, 11) is 1.88. The molecule has 1 aromatic heterocycles. The Balaban J connectivity index is 2.33. The van der Waals surface area contributed by atoms with Crippen molar-refractivity contribution in [3.63, 3.8) is 0 Å². The van der Waals surface area contributed by atoms with E-state index in [-0.39, 0.29) is 0 Å². The van der Waals surface area contributed by atoms with Crippen molar-refractivity contribution in [1.82, 2.24) is 9.78 Å². The summed E-state index contributed by atoms with van der Waals surface area (Å²) in [5.74, 6) is 0.358. The lowest BCUT2D eigenvalue weighted by Gasteiger charge is -2.26. The van der Waals surface area contributed by atoms with Gasteiger partial charge in [0.1, 0.15) is 0 Å². The first kappa shape index (κ1) is 8.75. The van der Waals surface area contributed by atoms with Gasteiger partial charge in [-0.3, -0.25) is 4.68 Å². The largest absolute Gasteiger partial charge is 0.385 e. The maximum Gasteiger partial charge on any atom is 0.0952 e. The zero-order chi connectivity index (χ0) is 9.47. The van der Waals surface area contributed by atoms with Crippen LogP contribution in [0.1, 0.15) is 31.7 Å². The normalized spacial score (nSPS) is 33.9. The molecule has 1 aromatic rings. The topological polar surface area (TPSA) is 38.1 Å². The molecule has 2 unspecified atom stereocenters. The van der Waals surface area contributed by atoms with Crippen molar-refractivity contribution >= 4 is 0 Å². The second kappa shape index (κ2) is 2.84. The second-order valence-corrected chi connectivity index (χ2v) is 4.12. The van der Waals surface area contributed by atoms with Crippen LogP contribution in [0, 0.1) is 5.92 Å². The molecule has 1 fully saturated rings. The highest BCUT2D eigenvalue weighted by atomic mass is 16.3. The summed E-state index contributed by atoms with van der Waals surface area (Å²) < 4.78 is 1.75. The summed E-state index contributed by atoms with van der Waals surface area (Å²) >= 11 is 0. The molecule has 1 saturated carbocycles. The first-order valence-electron chi connectivity index (χ1n) is 4.84. The lowest BCUT2D eigenvalue weighted by atomic mass is 9.87. The molecule has 2 rings (SSSR count). The summed E-state index contributed by atoms with van der Waals surface area (Å²) in [5.41, 5.74) is 0.355. The standard InChI is InChI=1S/C10H16N2O/c1-8-4-3-5-10(8,13)9-6-11-12(2)7-9/h6-8,13H,3-5H2,1-2H3. The van der Waals surface area contributed by atoms with Crippen LogP contribution >= 0.6 is 0 Å². The van der Waals surface area contributed by atoms with E-state index in [1.165, 1.54) is 0 Å². The number of hydrogen-bond acceptors (Lipinski definition) is 2. The van der Waals surface area contributed by atoms with E-state index in [9.17, 15) is 5.11 Å². The van der Waals surface area contributed by atoms with E-state index in [0.717, 1.165) is 24.8 Å². The van der Waals surface area contributed by atoms with Gasteiger partial charge in [-0.1, -0.05) is 6.92 Å². The van der Waals surface area contributed by atoms with Crippen LogP contribution in [0.5, 0.6) is 0 Å². The maximum absolute atomic E-state index is 10.4. The Kier molecular flexibility index (Phi) is 1.91. The number of nitrogens with zero attached hydrogens (tertiary/aromatic N) is 2. The van der Waals surface area contributed by atoms with Gasteiger partial charge in [-0.2, -0.15) is 5.10 Å². The molecule has 1 aliphatic rings. The number of hydrogen-bond donors (Lipinski definition) is 1. The number of aliphatic hydroxyl groups is 1. The lowest BCUT2D eigenvalue weighted by Crippen LogP contribution is -2.27. The first-order chi connectivity index (χ1) is 6.13. The minimum Gasteiger partial charge on any atom is -0.385 e. The molecule has 1 heterocycles. The molecule has 0 aliphatic heterocycles. The number of rotatable bonds is 1. The van der Waals surface area contributed by atoms with Crippen LogP contribution < -0.4 is 0 Å². The van der Waals surface area contributed by atoms with E-state index in [1.807, 2.05) is 13.2 Å². The molecule has 0 radical (unpaired) electrons. The quantitative estimate of drug-likeness (QED) is 0.710. The van der Waals surface area contributed by atoms with Gasteiger partial charge in [0, 0.05) is 18.8 Å². The second-order valence-electron chi connectivity index (χ2n) is 4.12. The smallest absolute Gasteiger partial charge is 0.0952 e. The van der Waals surface area contributed by atoms with Gasteiger partial charge in [0.2, 0.25) is 0 Å². The zero-order valence-corrected chi connectivity index (χ0v) is 8.20. The zero-order valence-electron chi connectivity index (χ0n) is 8.20. The van der Waals surface area contributed by atoms with Gasteiger partial charge >= 0.3 is 0 Å². The fourth-order valence-corrected chi connectivity index (χ4v) is 2.24. The molecule has 1 aliphatic carbocycles. The summed E-state index contributed by atoms with van der Waals surface area (Å²) in [4.78, 5) is 0. The average molecular weight is 180 g/mol. The molecule has 1 N–H and O–H groups in total. The van der Waals surface area contributed by atoms with Gasteiger partial charge in [-0.15, -0.1) is 0 Å². The number of aromatic nitrogens is 2. The predicted octanol–water partition coefficient (Wildman–Crippen LogP) is 1.43. The van der Waals surface area contributed by atoms with Crippen LogP contribution in [-0.2, 0) is 12.6 Å². The Bertz CT molecular complexity index is 308. The van der Waals surface area contributed by atoms with E-state index in [0.29, 0.717) is 5.92 Å². The van der Waals surface area contributed by atoms with Crippen LogP contribution in [0.3, 0.4) is 0 Å². The molecule has 2 atom stereocenters. The first-order valence-corrected chi connectivity index (χ1v) is 4.84. The van der Waals surface area contributed by atoms with Gasteiger partial charge in [0.05, 0.1) is 11.8 Å². The van der Waals surface area contributed by atoms with Gasteiger partial charge in [0.15, 0.2) is 0 Å². The van der Waals surface area contributed by atoms with E-state index >= 15 is 0 Å². The Morgan fingerprint density at radius 1 is 1.69 bits per heavy atom. The van der Waals surface area contributed by atoms with Crippen molar-refractivity contribution in [3.8, 4) is 0 Å². The van der Waals surface area contributed by atoms with Crippen molar-refractivity contribution in [1.29, 1.82) is 0 Å². The third-order valence-corrected chi connectivity index (χ3v) is 3.22. The van der Waals surface area contributed by atoms with Crippen LogP contribution in [0.2, 0.25) is 0 Å². The summed E-state index contributed by atoms with van der Waals surface area (Å²) in [6.07, 6.45) is 6.81. The minimum absolute atomic E-state index is 0.358. The molecule has 0 bridgehead atoms. The van der Waals surface area contributed by atoms with Crippen LogP contribution in [-0.4, -0.2) is 14.9 Å². The summed E-state index contributed by atoms with van der Waals surface area (Å²) in [6, 6.07) is 0. The third-order valence-electron chi connectivity index (χ3n) is 3.22. The Hall–Kier alpha value is -0.830. The van der Waals surface area contributed by atoms with Crippen molar-refractivity contribution in [3.05, 3.63) is 18.0 Å². The fraction of sp³-hybridized carbons (Fsp3) is 0.700. The molecular weight excluding hydrogens is 164 g/mol. The van der Waals surface area contributed by atoms with Crippen molar-refractivity contribution in [2.24, 2.45) is 13.0 Å². The average Bonchev–Trinajstić information content (AvgIpc) is 2.62. The van der Waals surface area contributed by atoms with Gasteiger partial charge in [0.25, 0.3) is 0 Å². The Morgan fingerprint density at radius 2 is 2.46 bits per heavy atom. The molecule has 72 valence electrons. The third kappa shape index (κ3) is 1.27.